The van der Waals surface area contributed by atoms with Gasteiger partial charge in [0, 0.05) is 12.4 Å². The number of methoxy groups -OCH3 is 1. The van der Waals surface area contributed by atoms with Crippen molar-refractivity contribution in [2.75, 3.05) is 13.4 Å². The summed E-state index contributed by atoms with van der Waals surface area (Å²) in [5.41, 5.74) is 2.06. The highest BCUT2D eigenvalue weighted by atomic mass is 32.2. The highest BCUT2D eigenvalue weighted by molar-refractivity contribution is 7.98. The highest BCUT2D eigenvalue weighted by Crippen LogP contribution is 2.29. The first kappa shape index (κ1) is 12.1. The summed E-state index contributed by atoms with van der Waals surface area (Å²) in [5, 5.41) is 1.64. The molecule has 0 aromatic carbocycles. The zero-order valence-electron chi connectivity index (χ0n) is 10.4. The largest absolute Gasteiger partial charge is 0.480 e. The summed E-state index contributed by atoms with van der Waals surface area (Å²) >= 11 is 1.53. The Hall–Kier alpha value is -1.36. The number of thioether (sulfide) groups is 1. The molecule has 90 valence electrons. The van der Waals surface area contributed by atoms with Gasteiger partial charge in [0.1, 0.15) is 0 Å². The van der Waals surface area contributed by atoms with E-state index in [1.807, 2.05) is 12.5 Å². The molecule has 0 N–H and O–H groups in total. The number of nitrogens with zero attached hydrogens (tertiary/aromatic N) is 3. The minimum absolute atomic E-state index is 0.375. The summed E-state index contributed by atoms with van der Waals surface area (Å²) in [6.45, 7) is 4.26. The quantitative estimate of drug-likeness (QED) is 0.618. The fourth-order valence-corrected chi connectivity index (χ4v) is 2.03. The predicted octanol–water partition coefficient (Wildman–Crippen LogP) is 2.88. The monoisotopic (exact) mass is 249 g/mol. The van der Waals surface area contributed by atoms with E-state index in [0.717, 1.165) is 21.6 Å². The summed E-state index contributed by atoms with van der Waals surface area (Å²) in [6, 6.07) is 0. The van der Waals surface area contributed by atoms with Crippen molar-refractivity contribution < 1.29 is 4.74 Å². The van der Waals surface area contributed by atoms with Crippen molar-refractivity contribution in [3.63, 3.8) is 0 Å². The van der Waals surface area contributed by atoms with Gasteiger partial charge in [-0.1, -0.05) is 25.6 Å². The van der Waals surface area contributed by atoms with Gasteiger partial charge in [-0.05, 0) is 17.7 Å². The summed E-state index contributed by atoms with van der Waals surface area (Å²) in [6.07, 6.45) is 5.59. The van der Waals surface area contributed by atoms with E-state index in [1.54, 1.807) is 13.3 Å². The first-order chi connectivity index (χ1) is 8.17. The molecule has 0 aliphatic carbocycles. The van der Waals surface area contributed by atoms with E-state index in [1.165, 1.54) is 11.8 Å². The highest BCUT2D eigenvalue weighted by Gasteiger charge is 2.13. The Morgan fingerprint density at radius 2 is 2.00 bits per heavy atom. The Kier molecular flexibility index (Phi) is 3.47. The average Bonchev–Trinajstić information content (AvgIpc) is 2.36. The van der Waals surface area contributed by atoms with E-state index >= 15 is 0 Å². The van der Waals surface area contributed by atoms with Gasteiger partial charge < -0.3 is 4.74 Å². The minimum Gasteiger partial charge on any atom is -0.480 e. The number of aromatic nitrogens is 3. The van der Waals surface area contributed by atoms with Crippen LogP contribution in [0.2, 0.25) is 0 Å². The molecule has 0 spiro atoms. The van der Waals surface area contributed by atoms with Crippen LogP contribution in [-0.4, -0.2) is 28.3 Å². The van der Waals surface area contributed by atoms with Crippen LogP contribution >= 0.6 is 11.8 Å². The Balaban J connectivity index is 2.76. The van der Waals surface area contributed by atoms with Crippen molar-refractivity contribution in [3.05, 3.63) is 18.0 Å². The molecule has 0 bridgehead atoms. The van der Waals surface area contributed by atoms with Crippen molar-refractivity contribution in [1.29, 1.82) is 0 Å². The molecule has 0 saturated carbocycles. The lowest BCUT2D eigenvalue weighted by Crippen LogP contribution is -1.99. The Bertz CT molecular complexity index is 543. The molecule has 4 nitrogen and oxygen atoms in total. The van der Waals surface area contributed by atoms with Crippen molar-refractivity contribution in [2.45, 2.75) is 24.9 Å². The van der Waals surface area contributed by atoms with Crippen LogP contribution in [0.4, 0.5) is 0 Å². The number of pyridine rings is 1. The van der Waals surface area contributed by atoms with Crippen LogP contribution in [-0.2, 0) is 0 Å². The first-order valence-corrected chi connectivity index (χ1v) is 6.63. The van der Waals surface area contributed by atoms with Gasteiger partial charge in [-0.15, -0.1) is 0 Å². The molecule has 2 aromatic rings. The van der Waals surface area contributed by atoms with Gasteiger partial charge >= 0.3 is 0 Å². The van der Waals surface area contributed by atoms with Crippen LogP contribution in [0.1, 0.15) is 25.3 Å². The molecule has 0 radical (unpaired) electrons. The van der Waals surface area contributed by atoms with E-state index in [9.17, 15) is 0 Å². The van der Waals surface area contributed by atoms with Gasteiger partial charge in [0.15, 0.2) is 5.16 Å². The fourth-order valence-electron chi connectivity index (χ4n) is 1.68. The number of ether oxygens (including phenoxy) is 1. The predicted molar refractivity (Wildman–Crippen MR) is 69.8 cm³/mol. The standard InChI is InChI=1S/C12H15N3OS/c1-7(2)8-5-13-11(16-3)9-6-14-12(17-4)15-10(8)9/h5-7H,1-4H3. The molecule has 0 atom stereocenters. The molecule has 0 aliphatic rings. The molecule has 17 heavy (non-hydrogen) atoms. The second-order valence-electron chi connectivity index (χ2n) is 4.00. The van der Waals surface area contributed by atoms with Crippen LogP contribution in [0.25, 0.3) is 10.9 Å². The lowest BCUT2D eigenvalue weighted by molar-refractivity contribution is 0.403. The maximum absolute atomic E-state index is 5.24. The van der Waals surface area contributed by atoms with Gasteiger partial charge in [0.05, 0.1) is 18.0 Å². The third kappa shape index (κ3) is 2.20. The molecular formula is C12H15N3OS. The lowest BCUT2D eigenvalue weighted by atomic mass is 10.0. The normalized spacial score (nSPS) is 11.1. The number of fused-ring (bicyclic) bond motifs is 1. The molecule has 0 aliphatic heterocycles. The van der Waals surface area contributed by atoms with Crippen molar-refractivity contribution >= 4 is 22.7 Å². The zero-order chi connectivity index (χ0) is 12.4. The van der Waals surface area contributed by atoms with Crippen molar-refractivity contribution in [3.8, 4) is 5.88 Å². The summed E-state index contributed by atoms with van der Waals surface area (Å²) in [5.74, 6) is 0.956. The van der Waals surface area contributed by atoms with Crippen molar-refractivity contribution in [2.24, 2.45) is 0 Å². The summed E-state index contributed by atoms with van der Waals surface area (Å²) in [7, 11) is 1.61. The van der Waals surface area contributed by atoms with E-state index < -0.39 is 0 Å². The molecular weight excluding hydrogens is 234 g/mol. The minimum atomic E-state index is 0.375. The second kappa shape index (κ2) is 4.87. The first-order valence-electron chi connectivity index (χ1n) is 5.41. The van der Waals surface area contributed by atoms with Crippen LogP contribution < -0.4 is 4.74 Å². The Morgan fingerprint density at radius 1 is 1.24 bits per heavy atom. The van der Waals surface area contributed by atoms with E-state index in [4.69, 9.17) is 4.74 Å². The Morgan fingerprint density at radius 3 is 2.59 bits per heavy atom. The van der Waals surface area contributed by atoms with Crippen LogP contribution in [0.15, 0.2) is 17.6 Å². The second-order valence-corrected chi connectivity index (χ2v) is 4.77. The van der Waals surface area contributed by atoms with Gasteiger partial charge in [-0.2, -0.15) is 0 Å². The fraction of sp³-hybridized carbons (Fsp3) is 0.417. The average molecular weight is 249 g/mol. The number of hydrogen-bond donors (Lipinski definition) is 0. The summed E-state index contributed by atoms with van der Waals surface area (Å²) in [4.78, 5) is 13.1. The lowest BCUT2D eigenvalue weighted by Gasteiger charge is -2.11. The maximum Gasteiger partial charge on any atom is 0.224 e. The smallest absolute Gasteiger partial charge is 0.224 e. The van der Waals surface area contributed by atoms with E-state index in [0.29, 0.717) is 11.8 Å². The third-order valence-corrected chi connectivity index (χ3v) is 3.15. The number of rotatable bonds is 3. The zero-order valence-corrected chi connectivity index (χ0v) is 11.2. The SMILES string of the molecule is COc1ncc(C(C)C)c2nc(SC)ncc12. The molecule has 2 aromatic heterocycles. The maximum atomic E-state index is 5.24. The molecule has 0 fully saturated rings. The van der Waals surface area contributed by atoms with Crippen LogP contribution in [0.5, 0.6) is 5.88 Å². The molecule has 0 amide bonds. The molecule has 2 rings (SSSR count). The van der Waals surface area contributed by atoms with Gasteiger partial charge in [-0.25, -0.2) is 15.0 Å². The summed E-state index contributed by atoms with van der Waals surface area (Å²) < 4.78 is 5.24. The van der Waals surface area contributed by atoms with Crippen molar-refractivity contribution in [1.82, 2.24) is 15.0 Å². The molecule has 0 unspecified atom stereocenters. The number of hydrogen-bond acceptors (Lipinski definition) is 5. The van der Waals surface area contributed by atoms with Crippen LogP contribution in [0.3, 0.4) is 0 Å². The van der Waals surface area contributed by atoms with Gasteiger partial charge in [-0.3, -0.25) is 0 Å². The van der Waals surface area contributed by atoms with Gasteiger partial charge in [0.2, 0.25) is 5.88 Å². The van der Waals surface area contributed by atoms with Crippen LogP contribution in [0, 0.1) is 0 Å². The van der Waals surface area contributed by atoms with E-state index in [2.05, 4.69) is 28.8 Å². The Labute approximate surface area is 105 Å². The van der Waals surface area contributed by atoms with E-state index in [-0.39, 0.29) is 0 Å². The molecule has 2 heterocycles. The third-order valence-electron chi connectivity index (χ3n) is 2.59. The topological polar surface area (TPSA) is 47.9 Å². The van der Waals surface area contributed by atoms with Gasteiger partial charge in [0.25, 0.3) is 0 Å². The molecule has 0 saturated heterocycles. The molecule has 5 heteroatoms.